The van der Waals surface area contributed by atoms with Gasteiger partial charge in [0.15, 0.2) is 5.82 Å². The molecule has 26 heavy (non-hydrogen) atoms. The summed E-state index contributed by atoms with van der Waals surface area (Å²) in [6.07, 6.45) is 5.91. The first-order valence-corrected chi connectivity index (χ1v) is 8.81. The van der Waals surface area contributed by atoms with E-state index in [1.165, 1.54) is 0 Å². The molecule has 0 N–H and O–H groups in total. The van der Waals surface area contributed by atoms with Crippen LogP contribution in [0.2, 0.25) is 0 Å². The van der Waals surface area contributed by atoms with Crippen molar-refractivity contribution in [2.24, 2.45) is 0 Å². The molecule has 1 saturated heterocycles. The molecule has 1 amide bonds. The molecule has 4 heterocycles. The number of carbonyl (C=O) groups is 1. The Morgan fingerprint density at radius 1 is 1.23 bits per heavy atom. The van der Waals surface area contributed by atoms with Gasteiger partial charge >= 0.3 is 0 Å². The molecule has 0 radical (unpaired) electrons. The number of hydrogen-bond acceptors (Lipinski definition) is 6. The van der Waals surface area contributed by atoms with Gasteiger partial charge in [-0.1, -0.05) is 0 Å². The fraction of sp³-hybridized carbons (Fsp3) is 0.529. The van der Waals surface area contributed by atoms with Gasteiger partial charge in [-0.3, -0.25) is 9.48 Å². The van der Waals surface area contributed by atoms with E-state index in [1.54, 1.807) is 6.20 Å². The normalized spacial score (nSPS) is 20.1. The van der Waals surface area contributed by atoms with E-state index in [0.717, 1.165) is 44.0 Å². The highest BCUT2D eigenvalue weighted by Gasteiger charge is 2.26. The van der Waals surface area contributed by atoms with Crippen molar-refractivity contribution in [3.63, 3.8) is 0 Å². The van der Waals surface area contributed by atoms with Crippen LogP contribution in [-0.2, 0) is 22.6 Å². The van der Waals surface area contributed by atoms with Crippen LogP contribution < -0.4 is 4.90 Å². The Morgan fingerprint density at radius 2 is 2.00 bits per heavy atom. The second-order valence-corrected chi connectivity index (χ2v) is 6.61. The lowest BCUT2D eigenvalue weighted by atomic mass is 10.3. The van der Waals surface area contributed by atoms with Crippen LogP contribution in [0.25, 0.3) is 0 Å². The third kappa shape index (κ3) is 3.67. The second-order valence-electron chi connectivity index (χ2n) is 6.61. The predicted octanol–water partition coefficient (Wildman–Crippen LogP) is 0.840. The molecule has 2 aliphatic rings. The van der Waals surface area contributed by atoms with E-state index in [9.17, 15) is 9.18 Å². The van der Waals surface area contributed by atoms with Crippen LogP contribution >= 0.6 is 0 Å². The van der Waals surface area contributed by atoms with Gasteiger partial charge in [-0.25, -0.2) is 14.4 Å². The minimum atomic E-state index is -0.474. The number of amides is 1. The molecule has 1 fully saturated rings. The monoisotopic (exact) mass is 360 g/mol. The Hall–Kier alpha value is -2.55. The molecule has 0 bridgehead atoms. The van der Waals surface area contributed by atoms with Gasteiger partial charge < -0.3 is 14.5 Å². The van der Waals surface area contributed by atoms with Crippen LogP contribution in [0.1, 0.15) is 18.5 Å². The number of rotatable bonds is 4. The van der Waals surface area contributed by atoms with E-state index in [-0.39, 0.29) is 18.6 Å². The number of hydrogen-bond donors (Lipinski definition) is 0. The van der Waals surface area contributed by atoms with Crippen molar-refractivity contribution in [3.8, 4) is 0 Å². The van der Waals surface area contributed by atoms with Gasteiger partial charge in [-0.2, -0.15) is 5.10 Å². The molecular weight excluding hydrogens is 339 g/mol. The van der Waals surface area contributed by atoms with Crippen molar-refractivity contribution < 1.29 is 13.9 Å². The number of anilines is 1. The highest BCUT2D eigenvalue weighted by atomic mass is 19.1. The van der Waals surface area contributed by atoms with Crippen LogP contribution in [0.15, 0.2) is 24.7 Å². The minimum absolute atomic E-state index is 0.0250. The summed E-state index contributed by atoms with van der Waals surface area (Å²) in [7, 11) is 0. The second kappa shape index (κ2) is 7.36. The Kier molecular flexibility index (Phi) is 4.79. The van der Waals surface area contributed by atoms with E-state index in [0.29, 0.717) is 25.6 Å². The van der Waals surface area contributed by atoms with Gasteiger partial charge in [0, 0.05) is 25.8 Å². The summed E-state index contributed by atoms with van der Waals surface area (Å²) < 4.78 is 20.9. The lowest BCUT2D eigenvalue weighted by Crippen LogP contribution is -2.38. The zero-order chi connectivity index (χ0) is 17.9. The summed E-state index contributed by atoms with van der Waals surface area (Å²) >= 11 is 0. The van der Waals surface area contributed by atoms with E-state index in [2.05, 4.69) is 15.1 Å². The van der Waals surface area contributed by atoms with Crippen molar-refractivity contribution in [1.29, 1.82) is 0 Å². The summed E-state index contributed by atoms with van der Waals surface area (Å²) in [5.41, 5.74) is 0.995. The summed E-state index contributed by atoms with van der Waals surface area (Å²) in [5.74, 6) is -0.0184. The third-order valence-electron chi connectivity index (χ3n) is 4.75. The molecule has 8 nitrogen and oxygen atoms in total. The summed E-state index contributed by atoms with van der Waals surface area (Å²) in [6, 6.07) is 1.92. The van der Waals surface area contributed by atoms with Crippen molar-refractivity contribution >= 4 is 11.9 Å². The number of ether oxygens (including phenoxy) is 1. The standard InChI is InChI=1S/C17H21FN6O2/c18-13-7-19-17(20-8-13)23-9-14-3-4-21-24(14)11-15(10-23)26-12-16(25)22-5-1-2-6-22/h3-4,7-8,15H,1-2,5-6,9-12H2/t15-/m1/s1. The lowest BCUT2D eigenvalue weighted by molar-refractivity contribution is -0.137. The molecule has 0 saturated carbocycles. The molecule has 4 rings (SSSR count). The zero-order valence-corrected chi connectivity index (χ0v) is 14.4. The fourth-order valence-corrected chi connectivity index (χ4v) is 3.39. The molecule has 2 aromatic heterocycles. The first-order valence-electron chi connectivity index (χ1n) is 8.81. The Morgan fingerprint density at radius 3 is 2.77 bits per heavy atom. The highest BCUT2D eigenvalue weighted by molar-refractivity contribution is 5.77. The average molecular weight is 360 g/mol. The maximum atomic E-state index is 13.1. The SMILES string of the molecule is O=C(CO[C@@H]1CN(c2ncc(F)cn2)Cc2ccnn2C1)N1CCCC1. The van der Waals surface area contributed by atoms with E-state index in [4.69, 9.17) is 4.74 Å². The Bertz CT molecular complexity index is 759. The quantitative estimate of drug-likeness (QED) is 0.804. The Balaban J connectivity index is 1.47. The van der Waals surface area contributed by atoms with Crippen molar-refractivity contribution in [3.05, 3.63) is 36.2 Å². The predicted molar refractivity (Wildman–Crippen MR) is 90.8 cm³/mol. The number of likely N-dealkylation sites (tertiary alicyclic amines) is 1. The van der Waals surface area contributed by atoms with Crippen molar-refractivity contribution in [2.75, 3.05) is 31.1 Å². The van der Waals surface area contributed by atoms with Gasteiger partial charge in [0.2, 0.25) is 11.9 Å². The van der Waals surface area contributed by atoms with Gasteiger partial charge in [-0.15, -0.1) is 0 Å². The topological polar surface area (TPSA) is 76.4 Å². The van der Waals surface area contributed by atoms with Crippen LogP contribution in [0, 0.1) is 5.82 Å². The maximum Gasteiger partial charge on any atom is 0.248 e. The van der Waals surface area contributed by atoms with Crippen molar-refractivity contribution in [1.82, 2.24) is 24.6 Å². The van der Waals surface area contributed by atoms with Crippen LogP contribution in [0.5, 0.6) is 0 Å². The molecule has 0 aromatic carbocycles. The fourth-order valence-electron chi connectivity index (χ4n) is 3.39. The van der Waals surface area contributed by atoms with Gasteiger partial charge in [0.1, 0.15) is 6.61 Å². The lowest BCUT2D eigenvalue weighted by Gasteiger charge is -2.24. The number of nitrogens with zero attached hydrogens (tertiary/aromatic N) is 6. The maximum absolute atomic E-state index is 13.1. The molecular formula is C17H21FN6O2. The number of fused-ring (bicyclic) bond motifs is 1. The average Bonchev–Trinajstić information content (AvgIpc) is 3.29. The van der Waals surface area contributed by atoms with Crippen molar-refractivity contribution in [2.45, 2.75) is 32.0 Å². The molecule has 9 heteroatoms. The third-order valence-corrected chi connectivity index (χ3v) is 4.75. The summed E-state index contributed by atoms with van der Waals surface area (Å²) in [6.45, 7) is 3.28. The zero-order valence-electron chi connectivity index (χ0n) is 14.4. The van der Waals surface area contributed by atoms with E-state index < -0.39 is 5.82 Å². The molecule has 2 aliphatic heterocycles. The minimum Gasteiger partial charge on any atom is -0.365 e. The van der Waals surface area contributed by atoms with Crippen LogP contribution in [-0.4, -0.2) is 62.9 Å². The molecule has 0 aliphatic carbocycles. The first-order chi connectivity index (χ1) is 12.7. The van der Waals surface area contributed by atoms with E-state index in [1.807, 2.05) is 20.5 Å². The smallest absolute Gasteiger partial charge is 0.248 e. The Labute approximate surface area is 150 Å². The van der Waals surface area contributed by atoms with Gasteiger partial charge in [0.25, 0.3) is 0 Å². The van der Waals surface area contributed by atoms with Crippen LogP contribution in [0.4, 0.5) is 10.3 Å². The summed E-state index contributed by atoms with van der Waals surface area (Å²) in [5, 5.41) is 4.33. The number of aromatic nitrogens is 4. The largest absolute Gasteiger partial charge is 0.365 e. The molecule has 2 aromatic rings. The highest BCUT2D eigenvalue weighted by Crippen LogP contribution is 2.18. The summed E-state index contributed by atoms with van der Waals surface area (Å²) in [4.78, 5) is 24.2. The van der Waals surface area contributed by atoms with Gasteiger partial charge in [0.05, 0.1) is 37.3 Å². The number of halogens is 1. The number of carbonyl (C=O) groups excluding carboxylic acids is 1. The van der Waals surface area contributed by atoms with Crippen LogP contribution in [0.3, 0.4) is 0 Å². The molecule has 138 valence electrons. The molecule has 0 unspecified atom stereocenters. The van der Waals surface area contributed by atoms with Gasteiger partial charge in [-0.05, 0) is 18.9 Å². The first kappa shape index (κ1) is 16.9. The molecule has 1 atom stereocenters. The molecule has 0 spiro atoms. The van der Waals surface area contributed by atoms with E-state index >= 15 is 0 Å².